The van der Waals surface area contributed by atoms with Gasteiger partial charge in [0.15, 0.2) is 0 Å². The maximum Gasteiger partial charge on any atom is 0.340 e. The van der Waals surface area contributed by atoms with E-state index in [-0.39, 0.29) is 16.4 Å². The number of furan rings is 1. The largest absolute Gasteiger partial charge is 0.472 e. The zero-order valence-electron chi connectivity index (χ0n) is 14.6. The minimum Gasteiger partial charge on any atom is -0.472 e. The molecule has 0 spiro atoms. The molecule has 2 aromatic rings. The van der Waals surface area contributed by atoms with Crippen molar-refractivity contribution in [1.82, 2.24) is 4.90 Å². The Balaban J connectivity index is 1.81. The first-order valence-electron chi connectivity index (χ1n) is 8.13. The number of nitrogens with zero attached hydrogens (tertiary/aromatic N) is 2. The third-order valence-corrected chi connectivity index (χ3v) is 5.29. The number of sulfonamides is 1. The van der Waals surface area contributed by atoms with E-state index >= 15 is 0 Å². The van der Waals surface area contributed by atoms with Crippen LogP contribution in [-0.2, 0) is 14.8 Å². The number of carbonyl (C=O) groups excluding carboxylic acids is 2. The Morgan fingerprint density at radius 1 is 1.15 bits per heavy atom. The number of carbonyl (C=O) groups is 2. The lowest BCUT2D eigenvalue weighted by Gasteiger charge is -2.36. The van der Waals surface area contributed by atoms with Crippen molar-refractivity contribution in [3.05, 3.63) is 47.9 Å². The number of amides is 1. The van der Waals surface area contributed by atoms with Crippen LogP contribution >= 0.6 is 0 Å². The Hall–Kier alpha value is -2.85. The average molecular weight is 393 g/mol. The Kier molecular flexibility index (Phi) is 5.19. The minimum absolute atomic E-state index is 0.110. The number of ether oxygens (including phenoxy) is 1. The summed E-state index contributed by atoms with van der Waals surface area (Å²) in [5, 5.41) is 5.15. The molecule has 144 valence electrons. The quantitative estimate of drug-likeness (QED) is 0.758. The summed E-state index contributed by atoms with van der Waals surface area (Å²) in [5.41, 5.74) is 1.12. The number of methoxy groups -OCH3 is 1. The summed E-state index contributed by atoms with van der Waals surface area (Å²) < 4.78 is 32.9. The molecule has 10 heteroatoms. The SMILES string of the molecule is COC(=O)c1cc(S(N)(=O)=O)ccc1N1CCN(C(=O)c2ccoc2)CC1. The van der Waals surface area contributed by atoms with Crippen LogP contribution in [-0.4, -0.2) is 58.5 Å². The Labute approximate surface area is 156 Å². The molecule has 0 unspecified atom stereocenters. The van der Waals surface area contributed by atoms with E-state index in [9.17, 15) is 18.0 Å². The predicted octanol–water partition coefficient (Wildman–Crippen LogP) is 0.676. The van der Waals surface area contributed by atoms with Gasteiger partial charge in [-0.2, -0.15) is 0 Å². The summed E-state index contributed by atoms with van der Waals surface area (Å²) in [6.07, 6.45) is 2.84. The topological polar surface area (TPSA) is 123 Å². The van der Waals surface area contributed by atoms with Crippen LogP contribution in [0, 0.1) is 0 Å². The highest BCUT2D eigenvalue weighted by molar-refractivity contribution is 7.89. The standard InChI is InChI=1S/C17H19N3O6S/c1-25-17(22)14-10-13(27(18,23)24)2-3-15(14)19-5-7-20(8-6-19)16(21)12-4-9-26-11-12/h2-4,9-11H,5-8H2,1H3,(H2,18,23,24). The molecule has 9 nitrogen and oxygen atoms in total. The van der Waals surface area contributed by atoms with Crippen LogP contribution < -0.4 is 10.0 Å². The van der Waals surface area contributed by atoms with Crippen molar-refractivity contribution in [3.8, 4) is 0 Å². The smallest absolute Gasteiger partial charge is 0.340 e. The molecule has 2 heterocycles. The average Bonchev–Trinajstić information content (AvgIpc) is 3.20. The molecule has 2 N–H and O–H groups in total. The Morgan fingerprint density at radius 2 is 1.85 bits per heavy atom. The van der Waals surface area contributed by atoms with E-state index in [4.69, 9.17) is 14.3 Å². The maximum atomic E-state index is 12.4. The van der Waals surface area contributed by atoms with Crippen LogP contribution in [0.2, 0.25) is 0 Å². The molecular formula is C17H19N3O6S. The van der Waals surface area contributed by atoms with Gasteiger partial charge in [-0.15, -0.1) is 0 Å². The number of esters is 1. The molecule has 0 aliphatic carbocycles. The summed E-state index contributed by atoms with van der Waals surface area (Å²) in [5.74, 6) is -0.784. The van der Waals surface area contributed by atoms with Gasteiger partial charge in [0.25, 0.3) is 5.91 Å². The fourth-order valence-electron chi connectivity index (χ4n) is 2.96. The predicted molar refractivity (Wildman–Crippen MR) is 96.0 cm³/mol. The molecule has 1 amide bonds. The van der Waals surface area contributed by atoms with Crippen molar-refractivity contribution in [3.63, 3.8) is 0 Å². The zero-order chi connectivity index (χ0) is 19.6. The normalized spacial score (nSPS) is 14.9. The van der Waals surface area contributed by atoms with Gasteiger partial charge in [-0.3, -0.25) is 4.79 Å². The molecular weight excluding hydrogens is 374 g/mol. The number of benzene rings is 1. The number of primary sulfonamides is 1. The third kappa shape index (κ3) is 3.96. The second-order valence-electron chi connectivity index (χ2n) is 6.01. The van der Waals surface area contributed by atoms with E-state index in [0.29, 0.717) is 37.4 Å². The second-order valence-corrected chi connectivity index (χ2v) is 7.57. The number of hydrogen-bond donors (Lipinski definition) is 1. The highest BCUT2D eigenvalue weighted by Crippen LogP contribution is 2.26. The van der Waals surface area contributed by atoms with E-state index in [1.54, 1.807) is 11.0 Å². The molecule has 1 saturated heterocycles. The second kappa shape index (κ2) is 7.41. The van der Waals surface area contributed by atoms with E-state index in [0.717, 1.165) is 0 Å². The van der Waals surface area contributed by atoms with Crippen LogP contribution in [0.5, 0.6) is 0 Å². The Morgan fingerprint density at radius 3 is 2.41 bits per heavy atom. The van der Waals surface area contributed by atoms with Crippen molar-refractivity contribution in [2.45, 2.75) is 4.90 Å². The van der Waals surface area contributed by atoms with Crippen molar-refractivity contribution >= 4 is 27.6 Å². The summed E-state index contributed by atoms with van der Waals surface area (Å²) in [7, 11) is -2.73. The molecule has 1 aliphatic rings. The maximum absolute atomic E-state index is 12.4. The minimum atomic E-state index is -3.95. The van der Waals surface area contributed by atoms with Crippen molar-refractivity contribution in [2.24, 2.45) is 5.14 Å². The van der Waals surface area contributed by atoms with E-state index < -0.39 is 16.0 Å². The van der Waals surface area contributed by atoms with Crippen LogP contribution in [0.25, 0.3) is 0 Å². The fraction of sp³-hybridized carbons (Fsp3) is 0.294. The van der Waals surface area contributed by atoms with Gasteiger partial charge >= 0.3 is 5.97 Å². The molecule has 1 aromatic heterocycles. The lowest BCUT2D eigenvalue weighted by atomic mass is 10.1. The fourth-order valence-corrected chi connectivity index (χ4v) is 3.50. The van der Waals surface area contributed by atoms with Gasteiger partial charge in [0.05, 0.1) is 35.1 Å². The van der Waals surface area contributed by atoms with Gasteiger partial charge < -0.3 is 19.0 Å². The summed E-state index contributed by atoms with van der Waals surface area (Å²) in [4.78, 5) is 27.9. The monoisotopic (exact) mass is 393 g/mol. The van der Waals surface area contributed by atoms with Crippen molar-refractivity contribution in [2.75, 3.05) is 38.2 Å². The molecule has 1 fully saturated rings. The lowest BCUT2D eigenvalue weighted by Crippen LogP contribution is -2.49. The molecule has 0 saturated carbocycles. The first-order valence-corrected chi connectivity index (χ1v) is 9.67. The molecule has 0 bridgehead atoms. The van der Waals surface area contributed by atoms with Crippen molar-refractivity contribution < 1.29 is 27.2 Å². The molecule has 1 aliphatic heterocycles. The van der Waals surface area contributed by atoms with Gasteiger partial charge in [0, 0.05) is 26.2 Å². The van der Waals surface area contributed by atoms with Crippen LogP contribution in [0.15, 0.2) is 46.1 Å². The van der Waals surface area contributed by atoms with Crippen LogP contribution in [0.4, 0.5) is 5.69 Å². The van der Waals surface area contributed by atoms with E-state index in [1.165, 1.54) is 37.8 Å². The van der Waals surface area contributed by atoms with Crippen molar-refractivity contribution in [1.29, 1.82) is 0 Å². The van der Waals surface area contributed by atoms with Crippen LogP contribution in [0.1, 0.15) is 20.7 Å². The lowest BCUT2D eigenvalue weighted by molar-refractivity contribution is 0.0599. The summed E-state index contributed by atoms with van der Waals surface area (Å²) >= 11 is 0. The molecule has 1 aromatic carbocycles. The molecule has 27 heavy (non-hydrogen) atoms. The van der Waals surface area contributed by atoms with Gasteiger partial charge in [-0.25, -0.2) is 18.4 Å². The van der Waals surface area contributed by atoms with Gasteiger partial charge in [0.2, 0.25) is 10.0 Å². The Bertz CT molecular complexity index is 947. The molecule has 0 radical (unpaired) electrons. The summed E-state index contributed by atoms with van der Waals surface area (Å²) in [6, 6.07) is 5.69. The number of piperazine rings is 1. The highest BCUT2D eigenvalue weighted by atomic mass is 32.2. The number of nitrogens with two attached hydrogens (primary N) is 1. The third-order valence-electron chi connectivity index (χ3n) is 4.38. The first-order chi connectivity index (χ1) is 12.8. The van der Waals surface area contributed by atoms with Crippen LogP contribution in [0.3, 0.4) is 0 Å². The summed E-state index contributed by atoms with van der Waals surface area (Å²) in [6.45, 7) is 1.84. The van der Waals surface area contributed by atoms with Gasteiger partial charge in [-0.05, 0) is 24.3 Å². The number of rotatable bonds is 4. The van der Waals surface area contributed by atoms with Gasteiger partial charge in [0.1, 0.15) is 6.26 Å². The highest BCUT2D eigenvalue weighted by Gasteiger charge is 2.26. The number of anilines is 1. The molecule has 0 atom stereocenters. The van der Waals surface area contributed by atoms with Gasteiger partial charge in [-0.1, -0.05) is 0 Å². The first kappa shape index (κ1) is 18.9. The molecule has 3 rings (SSSR count). The number of hydrogen-bond acceptors (Lipinski definition) is 7. The van der Waals surface area contributed by atoms with E-state index in [1.807, 2.05) is 4.90 Å². The van der Waals surface area contributed by atoms with E-state index in [2.05, 4.69) is 0 Å². The zero-order valence-corrected chi connectivity index (χ0v) is 15.4.